The van der Waals surface area contributed by atoms with Crippen molar-refractivity contribution in [1.29, 1.82) is 5.41 Å². The number of hydrogen-bond donors (Lipinski definition) is 7. The van der Waals surface area contributed by atoms with E-state index in [9.17, 15) is 15.0 Å². The molecule has 1 aromatic heterocycles. The fraction of sp³-hybridized carbons (Fsp3) is 0.312. The Morgan fingerprint density at radius 3 is 2.46 bits per heavy atom. The highest BCUT2D eigenvalue weighted by Crippen LogP contribution is 2.17. The van der Waals surface area contributed by atoms with E-state index in [1.807, 2.05) is 0 Å². The molecule has 1 heterocycles. The number of nitrogens with zero attached hydrogens (tertiary/aromatic N) is 1. The number of nitrogens with two attached hydrogens (primary N) is 1. The van der Waals surface area contributed by atoms with E-state index in [1.165, 1.54) is 19.2 Å². The summed E-state index contributed by atoms with van der Waals surface area (Å²) in [4.78, 5) is 17.0. The van der Waals surface area contributed by atoms with Crippen molar-refractivity contribution in [2.45, 2.75) is 25.2 Å². The highest BCUT2D eigenvalue weighted by molar-refractivity contribution is 6.30. The third-order valence-electron chi connectivity index (χ3n) is 3.28. The van der Waals surface area contributed by atoms with E-state index in [-0.39, 0.29) is 17.2 Å². The normalized spacial score (nSPS) is 13.9. The summed E-state index contributed by atoms with van der Waals surface area (Å²) < 4.78 is 0. The van der Waals surface area contributed by atoms with Gasteiger partial charge >= 0.3 is 0 Å². The lowest BCUT2D eigenvalue weighted by atomic mass is 10.1. The van der Waals surface area contributed by atoms with E-state index in [0.717, 1.165) is 0 Å². The number of nitrogens with one attached hydrogen (secondary N) is 2. The Balaban J connectivity index is 0.000000289. The van der Waals surface area contributed by atoms with Crippen LogP contribution >= 0.6 is 11.6 Å². The molecule has 26 heavy (non-hydrogen) atoms. The number of benzene rings is 1. The Morgan fingerprint density at radius 1 is 1.38 bits per heavy atom. The first-order valence-electron chi connectivity index (χ1n) is 7.48. The minimum Gasteiger partial charge on any atom is -0.394 e. The standard InChI is InChI=1S/C9H15N3O4.C7H6ClNO/c1-4(10)9-11-2-5(12-9)7(15)8(16)6(14)3-13;8-6-3-1-2-5(4-6)7(9)10/h2,6-8,10,13-16H,3H2,1H3,(H,11,12);1-4H,(H2,9,10)/t6-,7?,8?;/m1./s1. The van der Waals surface area contributed by atoms with Gasteiger partial charge in [-0.25, -0.2) is 4.98 Å². The van der Waals surface area contributed by atoms with Gasteiger partial charge in [-0.2, -0.15) is 0 Å². The highest BCUT2D eigenvalue weighted by atomic mass is 35.5. The maximum Gasteiger partial charge on any atom is 0.248 e. The van der Waals surface area contributed by atoms with Gasteiger partial charge in [0.2, 0.25) is 5.91 Å². The van der Waals surface area contributed by atoms with Gasteiger partial charge in [-0.05, 0) is 25.1 Å². The zero-order chi connectivity index (χ0) is 19.9. The molecule has 0 spiro atoms. The van der Waals surface area contributed by atoms with Crippen LogP contribution in [0, 0.1) is 5.41 Å². The van der Waals surface area contributed by atoms with Gasteiger partial charge in [0.25, 0.3) is 0 Å². The average Bonchev–Trinajstić information content (AvgIpc) is 3.10. The van der Waals surface area contributed by atoms with Crippen LogP contribution in [0.1, 0.15) is 34.9 Å². The second kappa shape index (κ2) is 10.00. The molecule has 0 saturated carbocycles. The third kappa shape index (κ3) is 6.21. The van der Waals surface area contributed by atoms with Crippen LogP contribution in [0.4, 0.5) is 0 Å². The molecular formula is C16H21ClN4O5. The predicted molar refractivity (Wildman–Crippen MR) is 95.1 cm³/mol. The Hall–Kier alpha value is -2.30. The van der Waals surface area contributed by atoms with E-state index in [2.05, 4.69) is 9.97 Å². The van der Waals surface area contributed by atoms with Crippen molar-refractivity contribution >= 4 is 23.2 Å². The zero-order valence-electron chi connectivity index (χ0n) is 13.9. The topological polar surface area (TPSA) is 177 Å². The molecule has 0 saturated heterocycles. The molecule has 142 valence electrons. The predicted octanol–water partition coefficient (Wildman–Crippen LogP) is -0.0161. The largest absolute Gasteiger partial charge is 0.394 e. The lowest BCUT2D eigenvalue weighted by Crippen LogP contribution is -2.34. The molecule has 10 heteroatoms. The van der Waals surface area contributed by atoms with Crippen LogP contribution in [-0.4, -0.2) is 60.8 Å². The summed E-state index contributed by atoms with van der Waals surface area (Å²) in [5.74, 6) is -0.178. The van der Waals surface area contributed by atoms with E-state index < -0.39 is 30.8 Å². The summed E-state index contributed by atoms with van der Waals surface area (Å²) in [6.07, 6.45) is -3.05. The van der Waals surface area contributed by atoms with E-state index in [1.54, 1.807) is 18.2 Å². The van der Waals surface area contributed by atoms with Gasteiger partial charge in [0.1, 0.15) is 18.3 Å². The third-order valence-corrected chi connectivity index (χ3v) is 3.52. The molecule has 8 N–H and O–H groups in total. The molecule has 1 aromatic carbocycles. The van der Waals surface area contributed by atoms with Gasteiger partial charge in [0.15, 0.2) is 5.82 Å². The summed E-state index contributed by atoms with van der Waals surface area (Å²) >= 11 is 5.58. The van der Waals surface area contributed by atoms with Crippen molar-refractivity contribution in [3.63, 3.8) is 0 Å². The van der Waals surface area contributed by atoms with Crippen molar-refractivity contribution in [2.75, 3.05) is 6.61 Å². The van der Waals surface area contributed by atoms with Crippen LogP contribution in [0.25, 0.3) is 0 Å². The fourth-order valence-electron chi connectivity index (χ4n) is 1.82. The van der Waals surface area contributed by atoms with Crippen LogP contribution < -0.4 is 5.73 Å². The van der Waals surface area contributed by atoms with Crippen molar-refractivity contribution in [1.82, 2.24) is 9.97 Å². The molecular weight excluding hydrogens is 364 g/mol. The van der Waals surface area contributed by atoms with Crippen LogP contribution in [0.2, 0.25) is 5.02 Å². The SMILES string of the molecule is CC(=N)c1ncc(C(O)C(O)[C@H](O)CO)[nH]1.NC(=O)c1cccc(Cl)c1. The second-order valence-corrected chi connectivity index (χ2v) is 5.81. The van der Waals surface area contributed by atoms with Gasteiger partial charge in [-0.3, -0.25) is 4.79 Å². The summed E-state index contributed by atoms with van der Waals surface area (Å²) in [6, 6.07) is 6.52. The monoisotopic (exact) mass is 384 g/mol. The molecule has 0 aliphatic carbocycles. The number of aliphatic hydroxyl groups is 4. The maximum absolute atomic E-state index is 10.5. The van der Waals surface area contributed by atoms with Gasteiger partial charge < -0.3 is 36.6 Å². The number of amides is 1. The van der Waals surface area contributed by atoms with Crippen molar-refractivity contribution in [3.05, 3.63) is 52.6 Å². The molecule has 0 aliphatic heterocycles. The number of hydrogen-bond acceptors (Lipinski definition) is 7. The lowest BCUT2D eigenvalue weighted by Gasteiger charge is -2.20. The summed E-state index contributed by atoms with van der Waals surface area (Å²) in [5.41, 5.74) is 5.80. The molecule has 2 rings (SSSR count). The molecule has 0 fully saturated rings. The number of aromatic amines is 1. The fourth-order valence-corrected chi connectivity index (χ4v) is 2.01. The molecule has 2 aromatic rings. The number of aromatic nitrogens is 2. The second-order valence-electron chi connectivity index (χ2n) is 5.37. The van der Waals surface area contributed by atoms with Gasteiger partial charge in [-0.1, -0.05) is 17.7 Å². The first-order valence-corrected chi connectivity index (χ1v) is 7.86. The molecule has 3 atom stereocenters. The van der Waals surface area contributed by atoms with E-state index in [4.69, 9.17) is 33.0 Å². The van der Waals surface area contributed by atoms with E-state index in [0.29, 0.717) is 10.6 Å². The van der Waals surface area contributed by atoms with Crippen LogP contribution in [0.3, 0.4) is 0 Å². The number of primary amides is 1. The summed E-state index contributed by atoms with van der Waals surface area (Å²) in [6.45, 7) is 0.872. The van der Waals surface area contributed by atoms with Crippen LogP contribution in [0.5, 0.6) is 0 Å². The zero-order valence-corrected chi connectivity index (χ0v) is 14.7. The molecule has 2 unspecified atom stereocenters. The average molecular weight is 385 g/mol. The molecule has 0 aliphatic rings. The molecule has 0 bridgehead atoms. The summed E-state index contributed by atoms with van der Waals surface area (Å²) in [7, 11) is 0. The van der Waals surface area contributed by atoms with Crippen molar-refractivity contribution < 1.29 is 25.2 Å². The molecule has 9 nitrogen and oxygen atoms in total. The van der Waals surface area contributed by atoms with Gasteiger partial charge in [-0.15, -0.1) is 0 Å². The smallest absolute Gasteiger partial charge is 0.248 e. The Morgan fingerprint density at radius 2 is 2.04 bits per heavy atom. The summed E-state index contributed by atoms with van der Waals surface area (Å²) in [5, 5.41) is 44.6. The highest BCUT2D eigenvalue weighted by Gasteiger charge is 2.26. The first-order chi connectivity index (χ1) is 12.2. The molecule has 0 radical (unpaired) electrons. The quantitative estimate of drug-likeness (QED) is 0.344. The Bertz CT molecular complexity index is 752. The Kier molecular flexibility index (Phi) is 8.36. The first kappa shape index (κ1) is 21.7. The molecule has 1 amide bonds. The number of carbonyl (C=O) groups is 1. The van der Waals surface area contributed by atoms with Crippen molar-refractivity contribution in [2.24, 2.45) is 5.73 Å². The number of H-pyrrole nitrogens is 1. The number of halogens is 1. The van der Waals surface area contributed by atoms with Gasteiger partial charge in [0.05, 0.1) is 24.2 Å². The van der Waals surface area contributed by atoms with Crippen LogP contribution in [0.15, 0.2) is 30.5 Å². The number of carbonyl (C=O) groups excluding carboxylic acids is 1. The number of imidazole rings is 1. The van der Waals surface area contributed by atoms with Crippen molar-refractivity contribution in [3.8, 4) is 0 Å². The minimum absolute atomic E-state index is 0.182. The van der Waals surface area contributed by atoms with E-state index >= 15 is 0 Å². The minimum atomic E-state index is -1.51. The van der Waals surface area contributed by atoms with Crippen LogP contribution in [-0.2, 0) is 0 Å². The van der Waals surface area contributed by atoms with Gasteiger partial charge in [0, 0.05) is 10.6 Å². The lowest BCUT2D eigenvalue weighted by molar-refractivity contribution is -0.0788. The number of rotatable bonds is 6. The number of aliphatic hydroxyl groups excluding tert-OH is 4. The Labute approximate surface area is 154 Å². The maximum atomic E-state index is 10.5.